The monoisotopic (exact) mass is 236 g/mol. The SMILES string of the molecule is Cc1cc(NC(=O)NC2CCCCC2)nn1C. The highest BCUT2D eigenvalue weighted by molar-refractivity contribution is 5.88. The van der Waals surface area contributed by atoms with Crippen LogP contribution in [0.15, 0.2) is 6.07 Å². The molecule has 5 heteroatoms. The molecule has 1 aliphatic carbocycles. The second-order valence-electron chi connectivity index (χ2n) is 4.73. The van der Waals surface area contributed by atoms with Crippen molar-refractivity contribution >= 4 is 11.8 Å². The number of anilines is 1. The van der Waals surface area contributed by atoms with Crippen molar-refractivity contribution in [3.8, 4) is 0 Å². The summed E-state index contributed by atoms with van der Waals surface area (Å²) >= 11 is 0. The van der Waals surface area contributed by atoms with Gasteiger partial charge in [0.15, 0.2) is 5.82 Å². The minimum Gasteiger partial charge on any atom is -0.335 e. The molecule has 0 saturated heterocycles. The molecule has 0 spiro atoms. The van der Waals surface area contributed by atoms with Crippen molar-refractivity contribution < 1.29 is 4.79 Å². The molecule has 2 amide bonds. The predicted molar refractivity (Wildman–Crippen MR) is 67.0 cm³/mol. The van der Waals surface area contributed by atoms with E-state index in [0.717, 1.165) is 18.5 Å². The molecule has 17 heavy (non-hydrogen) atoms. The molecule has 1 aliphatic rings. The number of hydrogen-bond donors (Lipinski definition) is 2. The highest BCUT2D eigenvalue weighted by Crippen LogP contribution is 2.17. The molecule has 1 saturated carbocycles. The summed E-state index contributed by atoms with van der Waals surface area (Å²) in [5, 5.41) is 9.95. The van der Waals surface area contributed by atoms with Crippen LogP contribution in [0, 0.1) is 6.92 Å². The maximum Gasteiger partial charge on any atom is 0.320 e. The molecule has 1 heterocycles. The number of carbonyl (C=O) groups is 1. The Balaban J connectivity index is 1.84. The summed E-state index contributed by atoms with van der Waals surface area (Å²) in [7, 11) is 1.86. The Labute approximate surface area is 102 Å². The summed E-state index contributed by atoms with van der Waals surface area (Å²) in [5.41, 5.74) is 1.03. The Bertz CT molecular complexity index is 374. The molecule has 1 fully saturated rings. The smallest absolute Gasteiger partial charge is 0.320 e. The summed E-state index contributed by atoms with van der Waals surface area (Å²) in [6.07, 6.45) is 5.91. The van der Waals surface area contributed by atoms with Gasteiger partial charge in [0.25, 0.3) is 0 Å². The van der Waals surface area contributed by atoms with Crippen LogP contribution in [0.4, 0.5) is 10.6 Å². The summed E-state index contributed by atoms with van der Waals surface area (Å²) in [6.45, 7) is 1.96. The van der Waals surface area contributed by atoms with Crippen LogP contribution in [0.3, 0.4) is 0 Å². The topological polar surface area (TPSA) is 59.0 Å². The molecule has 0 radical (unpaired) electrons. The Hall–Kier alpha value is -1.52. The maximum absolute atomic E-state index is 11.7. The lowest BCUT2D eigenvalue weighted by Gasteiger charge is -2.22. The number of rotatable bonds is 2. The van der Waals surface area contributed by atoms with Crippen LogP contribution in [0.2, 0.25) is 0 Å². The number of aromatic nitrogens is 2. The first-order chi connectivity index (χ1) is 8.15. The van der Waals surface area contributed by atoms with E-state index in [-0.39, 0.29) is 6.03 Å². The van der Waals surface area contributed by atoms with Crippen molar-refractivity contribution in [1.82, 2.24) is 15.1 Å². The Morgan fingerprint density at radius 1 is 1.41 bits per heavy atom. The molecule has 0 unspecified atom stereocenters. The van der Waals surface area contributed by atoms with E-state index in [0.29, 0.717) is 11.9 Å². The van der Waals surface area contributed by atoms with E-state index in [2.05, 4.69) is 15.7 Å². The normalized spacial score (nSPS) is 16.8. The summed E-state index contributed by atoms with van der Waals surface area (Å²) < 4.78 is 1.75. The number of amides is 2. The Morgan fingerprint density at radius 2 is 2.12 bits per heavy atom. The van der Waals surface area contributed by atoms with Gasteiger partial charge in [0.05, 0.1) is 0 Å². The van der Waals surface area contributed by atoms with Crippen LogP contribution in [0.1, 0.15) is 37.8 Å². The molecule has 0 aromatic carbocycles. The number of urea groups is 1. The average molecular weight is 236 g/mol. The number of carbonyl (C=O) groups excluding carboxylic acids is 1. The van der Waals surface area contributed by atoms with E-state index in [9.17, 15) is 4.79 Å². The van der Waals surface area contributed by atoms with Gasteiger partial charge in [-0.1, -0.05) is 19.3 Å². The fraction of sp³-hybridized carbons (Fsp3) is 0.667. The van der Waals surface area contributed by atoms with Crippen molar-refractivity contribution in [2.45, 2.75) is 45.1 Å². The fourth-order valence-electron chi connectivity index (χ4n) is 2.21. The van der Waals surface area contributed by atoms with Crippen LogP contribution >= 0.6 is 0 Å². The zero-order valence-corrected chi connectivity index (χ0v) is 10.5. The number of nitrogens with one attached hydrogen (secondary N) is 2. The van der Waals surface area contributed by atoms with Gasteiger partial charge in [0, 0.05) is 24.8 Å². The third-order valence-corrected chi connectivity index (χ3v) is 3.30. The van der Waals surface area contributed by atoms with Gasteiger partial charge in [-0.25, -0.2) is 4.79 Å². The van der Waals surface area contributed by atoms with Crippen LogP contribution in [0.25, 0.3) is 0 Å². The number of aryl methyl sites for hydroxylation is 2. The number of hydrogen-bond acceptors (Lipinski definition) is 2. The molecule has 2 N–H and O–H groups in total. The zero-order chi connectivity index (χ0) is 12.3. The van der Waals surface area contributed by atoms with Gasteiger partial charge >= 0.3 is 6.03 Å². The van der Waals surface area contributed by atoms with Gasteiger partial charge in [-0.15, -0.1) is 0 Å². The second kappa shape index (κ2) is 5.21. The number of nitrogens with zero attached hydrogens (tertiary/aromatic N) is 2. The van der Waals surface area contributed by atoms with Crippen LogP contribution in [0.5, 0.6) is 0 Å². The van der Waals surface area contributed by atoms with Gasteiger partial charge in [-0.2, -0.15) is 5.10 Å². The molecule has 5 nitrogen and oxygen atoms in total. The lowest BCUT2D eigenvalue weighted by atomic mass is 9.96. The largest absolute Gasteiger partial charge is 0.335 e. The maximum atomic E-state index is 11.7. The van der Waals surface area contributed by atoms with Gasteiger partial charge < -0.3 is 5.32 Å². The molecule has 94 valence electrons. The van der Waals surface area contributed by atoms with Crippen molar-refractivity contribution in [2.75, 3.05) is 5.32 Å². The van der Waals surface area contributed by atoms with E-state index < -0.39 is 0 Å². The predicted octanol–water partition coefficient (Wildman–Crippen LogP) is 2.18. The summed E-state index contributed by atoms with van der Waals surface area (Å²) in [6, 6.07) is 2.05. The van der Waals surface area contributed by atoms with Crippen molar-refractivity contribution in [1.29, 1.82) is 0 Å². The molecular weight excluding hydrogens is 216 g/mol. The van der Waals surface area contributed by atoms with E-state index >= 15 is 0 Å². The van der Waals surface area contributed by atoms with E-state index in [1.54, 1.807) is 4.68 Å². The van der Waals surface area contributed by atoms with E-state index in [4.69, 9.17) is 0 Å². The van der Waals surface area contributed by atoms with Crippen molar-refractivity contribution in [3.05, 3.63) is 11.8 Å². The van der Waals surface area contributed by atoms with Gasteiger partial charge in [-0.05, 0) is 19.8 Å². The first-order valence-corrected chi connectivity index (χ1v) is 6.23. The highest BCUT2D eigenvalue weighted by Gasteiger charge is 2.16. The molecular formula is C12H20N4O. The molecule has 1 aromatic rings. The Morgan fingerprint density at radius 3 is 2.71 bits per heavy atom. The lowest BCUT2D eigenvalue weighted by molar-refractivity contribution is 0.244. The minimum atomic E-state index is -0.144. The third kappa shape index (κ3) is 3.22. The van der Waals surface area contributed by atoms with Gasteiger partial charge in [0.2, 0.25) is 0 Å². The fourth-order valence-corrected chi connectivity index (χ4v) is 2.21. The highest BCUT2D eigenvalue weighted by atomic mass is 16.2. The van der Waals surface area contributed by atoms with Crippen LogP contribution < -0.4 is 10.6 Å². The standard InChI is InChI=1S/C12H20N4O/c1-9-8-11(15-16(9)2)14-12(17)13-10-6-4-3-5-7-10/h8,10H,3-7H2,1-2H3,(H2,13,14,15,17). The van der Waals surface area contributed by atoms with Crippen LogP contribution in [-0.4, -0.2) is 21.9 Å². The lowest BCUT2D eigenvalue weighted by Crippen LogP contribution is -2.39. The van der Waals surface area contributed by atoms with Crippen molar-refractivity contribution in [2.24, 2.45) is 7.05 Å². The molecule has 0 aliphatic heterocycles. The minimum absolute atomic E-state index is 0.144. The van der Waals surface area contributed by atoms with E-state index in [1.807, 2.05) is 20.0 Å². The first-order valence-electron chi connectivity index (χ1n) is 6.23. The van der Waals surface area contributed by atoms with E-state index in [1.165, 1.54) is 19.3 Å². The van der Waals surface area contributed by atoms with Crippen LogP contribution in [-0.2, 0) is 7.05 Å². The Kier molecular flexibility index (Phi) is 3.66. The summed E-state index contributed by atoms with van der Waals surface area (Å²) in [5.74, 6) is 0.610. The third-order valence-electron chi connectivity index (χ3n) is 3.30. The van der Waals surface area contributed by atoms with Gasteiger partial charge in [-0.3, -0.25) is 10.00 Å². The summed E-state index contributed by atoms with van der Waals surface area (Å²) in [4.78, 5) is 11.7. The van der Waals surface area contributed by atoms with Gasteiger partial charge in [0.1, 0.15) is 0 Å². The molecule has 0 bridgehead atoms. The average Bonchev–Trinajstić information content (AvgIpc) is 2.59. The second-order valence-corrected chi connectivity index (χ2v) is 4.73. The zero-order valence-electron chi connectivity index (χ0n) is 10.5. The first kappa shape index (κ1) is 12.0. The molecule has 1 aromatic heterocycles. The molecule has 0 atom stereocenters. The molecule has 2 rings (SSSR count). The van der Waals surface area contributed by atoms with Crippen molar-refractivity contribution in [3.63, 3.8) is 0 Å². The quantitative estimate of drug-likeness (QED) is 0.827.